The Kier molecular flexibility index (Phi) is 4.97. The second kappa shape index (κ2) is 6.74. The fourth-order valence-electron chi connectivity index (χ4n) is 2.22. The van der Waals surface area contributed by atoms with Crippen molar-refractivity contribution in [3.05, 3.63) is 23.2 Å². The van der Waals surface area contributed by atoms with Gasteiger partial charge < -0.3 is 16.4 Å². The minimum atomic E-state index is -0.700. The van der Waals surface area contributed by atoms with E-state index in [1.54, 1.807) is 17.4 Å². The molecule has 22 heavy (non-hydrogen) atoms. The molecule has 3 amide bonds. The van der Waals surface area contributed by atoms with Gasteiger partial charge in [-0.15, -0.1) is 11.3 Å². The molecular formula is C15H20N4O2S. The van der Waals surface area contributed by atoms with E-state index in [1.807, 2.05) is 32.9 Å². The summed E-state index contributed by atoms with van der Waals surface area (Å²) in [6.45, 7) is 5.91. The lowest BCUT2D eigenvalue weighted by Gasteiger charge is -2.19. The monoisotopic (exact) mass is 320 g/mol. The fraction of sp³-hybridized carbons (Fsp3) is 0.400. The molecule has 0 aliphatic rings. The normalized spacial score (nSPS) is 12.4. The molecule has 0 fully saturated rings. The van der Waals surface area contributed by atoms with E-state index in [-0.39, 0.29) is 11.8 Å². The Morgan fingerprint density at radius 3 is 2.73 bits per heavy atom. The van der Waals surface area contributed by atoms with Crippen LogP contribution < -0.4 is 16.4 Å². The van der Waals surface area contributed by atoms with Gasteiger partial charge in [0.1, 0.15) is 6.04 Å². The standard InChI is InChI=1S/C15H20N4O2S/c1-8(2)6-12(19-15(16)21)14(20)18-10-4-5-11-13(7-10)22-9(3)17-11/h4-5,7-8,12H,6H2,1-3H3,(H,18,20)(H3,16,19,21)/t12-/m0/s1. The van der Waals surface area contributed by atoms with Crippen LogP contribution >= 0.6 is 11.3 Å². The number of benzene rings is 1. The number of thiazole rings is 1. The molecule has 7 heteroatoms. The van der Waals surface area contributed by atoms with E-state index < -0.39 is 12.1 Å². The van der Waals surface area contributed by atoms with Crippen molar-refractivity contribution in [1.29, 1.82) is 0 Å². The Morgan fingerprint density at radius 1 is 1.36 bits per heavy atom. The third kappa shape index (κ3) is 4.17. The molecule has 0 bridgehead atoms. The lowest BCUT2D eigenvalue weighted by atomic mass is 10.0. The molecule has 0 aliphatic carbocycles. The summed E-state index contributed by atoms with van der Waals surface area (Å²) < 4.78 is 1.01. The van der Waals surface area contributed by atoms with Crippen molar-refractivity contribution in [1.82, 2.24) is 10.3 Å². The molecule has 1 heterocycles. The van der Waals surface area contributed by atoms with Gasteiger partial charge in [-0.05, 0) is 37.5 Å². The second-order valence-electron chi connectivity index (χ2n) is 5.60. The van der Waals surface area contributed by atoms with E-state index >= 15 is 0 Å². The summed E-state index contributed by atoms with van der Waals surface area (Å²) in [6, 6.07) is 4.21. The summed E-state index contributed by atoms with van der Waals surface area (Å²) in [5.41, 5.74) is 6.73. The Labute approximate surface area is 133 Å². The molecule has 0 spiro atoms. The van der Waals surface area contributed by atoms with Gasteiger partial charge in [0.2, 0.25) is 5.91 Å². The number of rotatable bonds is 5. The van der Waals surface area contributed by atoms with Crippen LogP contribution in [0.3, 0.4) is 0 Å². The minimum Gasteiger partial charge on any atom is -0.352 e. The zero-order valence-corrected chi connectivity index (χ0v) is 13.7. The van der Waals surface area contributed by atoms with Crippen molar-refractivity contribution in [2.75, 3.05) is 5.32 Å². The molecule has 6 nitrogen and oxygen atoms in total. The number of primary amides is 1. The van der Waals surface area contributed by atoms with Crippen LogP contribution in [0.5, 0.6) is 0 Å². The van der Waals surface area contributed by atoms with E-state index in [2.05, 4.69) is 15.6 Å². The van der Waals surface area contributed by atoms with Crippen LogP contribution in [0, 0.1) is 12.8 Å². The third-order valence-electron chi connectivity index (χ3n) is 3.10. The first-order valence-corrected chi connectivity index (χ1v) is 7.91. The van der Waals surface area contributed by atoms with Crippen LogP contribution in [0.1, 0.15) is 25.3 Å². The topological polar surface area (TPSA) is 97.1 Å². The number of carbonyl (C=O) groups excluding carboxylic acids is 2. The summed E-state index contributed by atoms with van der Waals surface area (Å²) in [5, 5.41) is 6.29. The molecule has 0 radical (unpaired) electrons. The van der Waals surface area contributed by atoms with Crippen LogP contribution in [-0.2, 0) is 4.79 Å². The molecule has 1 aromatic carbocycles. The number of aryl methyl sites for hydroxylation is 1. The van der Waals surface area contributed by atoms with Crippen molar-refractivity contribution in [2.45, 2.75) is 33.2 Å². The number of hydrogen-bond acceptors (Lipinski definition) is 4. The highest BCUT2D eigenvalue weighted by molar-refractivity contribution is 7.18. The van der Waals surface area contributed by atoms with Crippen LogP contribution in [0.15, 0.2) is 18.2 Å². The Hall–Kier alpha value is -2.15. The summed E-state index contributed by atoms with van der Waals surface area (Å²) in [7, 11) is 0. The van der Waals surface area contributed by atoms with Gasteiger partial charge in [0.05, 0.1) is 15.2 Å². The lowest BCUT2D eigenvalue weighted by Crippen LogP contribution is -2.46. The van der Waals surface area contributed by atoms with Gasteiger partial charge in [0.15, 0.2) is 0 Å². The first-order chi connectivity index (χ1) is 10.3. The van der Waals surface area contributed by atoms with Crippen LogP contribution in [-0.4, -0.2) is 23.0 Å². The van der Waals surface area contributed by atoms with E-state index in [4.69, 9.17) is 5.73 Å². The number of nitrogens with zero attached hydrogens (tertiary/aromatic N) is 1. The Bertz CT molecular complexity index is 696. The Balaban J connectivity index is 2.13. The number of urea groups is 1. The SMILES string of the molecule is Cc1nc2ccc(NC(=O)[C@H](CC(C)C)NC(N)=O)cc2s1. The number of aromatic nitrogens is 1. The quantitative estimate of drug-likeness (QED) is 0.790. The largest absolute Gasteiger partial charge is 0.352 e. The first kappa shape index (κ1) is 16.2. The van der Waals surface area contributed by atoms with E-state index in [9.17, 15) is 9.59 Å². The predicted octanol–water partition coefficient (Wildman–Crippen LogP) is 2.63. The highest BCUT2D eigenvalue weighted by Crippen LogP contribution is 2.25. The van der Waals surface area contributed by atoms with E-state index in [1.165, 1.54) is 0 Å². The Morgan fingerprint density at radius 2 is 2.09 bits per heavy atom. The summed E-state index contributed by atoms with van der Waals surface area (Å²) in [5.74, 6) is -0.0117. The molecular weight excluding hydrogens is 300 g/mol. The zero-order chi connectivity index (χ0) is 16.3. The van der Waals surface area contributed by atoms with Crippen molar-refractivity contribution in [3.8, 4) is 0 Å². The lowest BCUT2D eigenvalue weighted by molar-refractivity contribution is -0.118. The second-order valence-corrected chi connectivity index (χ2v) is 6.83. The predicted molar refractivity (Wildman–Crippen MR) is 88.9 cm³/mol. The molecule has 118 valence electrons. The van der Waals surface area contributed by atoms with Gasteiger partial charge in [-0.25, -0.2) is 9.78 Å². The smallest absolute Gasteiger partial charge is 0.312 e. The van der Waals surface area contributed by atoms with Gasteiger partial charge in [0.25, 0.3) is 0 Å². The summed E-state index contributed by atoms with van der Waals surface area (Å²) >= 11 is 1.57. The molecule has 0 saturated carbocycles. The van der Waals surface area contributed by atoms with Crippen LogP contribution in [0.4, 0.5) is 10.5 Å². The maximum Gasteiger partial charge on any atom is 0.312 e. The number of amides is 3. The first-order valence-electron chi connectivity index (χ1n) is 7.09. The van der Waals surface area contributed by atoms with Crippen LogP contribution in [0.2, 0.25) is 0 Å². The molecule has 4 N–H and O–H groups in total. The van der Waals surface area contributed by atoms with Crippen molar-refractivity contribution >= 4 is 39.2 Å². The summed E-state index contributed by atoms with van der Waals surface area (Å²) in [6.07, 6.45) is 0.524. The molecule has 0 saturated heterocycles. The number of hydrogen-bond donors (Lipinski definition) is 3. The van der Waals surface area contributed by atoms with Crippen molar-refractivity contribution in [3.63, 3.8) is 0 Å². The molecule has 0 unspecified atom stereocenters. The number of fused-ring (bicyclic) bond motifs is 1. The molecule has 1 aromatic heterocycles. The van der Waals surface area contributed by atoms with Gasteiger partial charge >= 0.3 is 6.03 Å². The van der Waals surface area contributed by atoms with Gasteiger partial charge in [-0.2, -0.15) is 0 Å². The highest BCUT2D eigenvalue weighted by Gasteiger charge is 2.21. The maximum absolute atomic E-state index is 12.3. The van der Waals surface area contributed by atoms with E-state index in [0.29, 0.717) is 12.1 Å². The average Bonchev–Trinajstić information content (AvgIpc) is 2.76. The number of anilines is 1. The summed E-state index contributed by atoms with van der Waals surface area (Å²) in [4.78, 5) is 27.8. The molecule has 0 aliphatic heterocycles. The number of nitrogens with one attached hydrogen (secondary N) is 2. The third-order valence-corrected chi connectivity index (χ3v) is 4.04. The minimum absolute atomic E-state index is 0.259. The molecule has 1 atom stereocenters. The molecule has 2 aromatic rings. The van der Waals surface area contributed by atoms with Gasteiger partial charge in [-0.1, -0.05) is 13.8 Å². The van der Waals surface area contributed by atoms with Crippen molar-refractivity contribution in [2.24, 2.45) is 11.7 Å². The van der Waals surface area contributed by atoms with Gasteiger partial charge in [-0.3, -0.25) is 4.79 Å². The maximum atomic E-state index is 12.3. The number of carbonyl (C=O) groups is 2. The van der Waals surface area contributed by atoms with E-state index in [0.717, 1.165) is 15.2 Å². The highest BCUT2D eigenvalue weighted by atomic mass is 32.1. The zero-order valence-electron chi connectivity index (χ0n) is 12.8. The fourth-order valence-corrected chi connectivity index (χ4v) is 3.09. The number of nitrogens with two attached hydrogens (primary N) is 1. The van der Waals surface area contributed by atoms with Crippen LogP contribution in [0.25, 0.3) is 10.2 Å². The van der Waals surface area contributed by atoms with Crippen molar-refractivity contribution < 1.29 is 9.59 Å². The molecule has 2 rings (SSSR count). The van der Waals surface area contributed by atoms with Gasteiger partial charge in [0, 0.05) is 5.69 Å². The average molecular weight is 320 g/mol.